The molecule has 0 saturated heterocycles. The van der Waals surface area contributed by atoms with Crippen LogP contribution in [0.5, 0.6) is 11.5 Å². The number of carboxylic acid groups (broad SMARTS) is 1. The summed E-state index contributed by atoms with van der Waals surface area (Å²) >= 11 is 6.04. The lowest BCUT2D eigenvalue weighted by molar-refractivity contribution is 0.194. The Bertz CT molecular complexity index is 422. The molecule has 17 heavy (non-hydrogen) atoms. The van der Waals surface area contributed by atoms with Crippen LogP contribution in [0.25, 0.3) is 0 Å². The molecule has 1 rings (SSSR count). The normalized spacial score (nSPS) is 11.9. The van der Waals surface area contributed by atoms with E-state index in [1.807, 2.05) is 0 Å². The van der Waals surface area contributed by atoms with Gasteiger partial charge in [-0.15, -0.1) is 11.6 Å². The number of phenolic OH excluding ortho intramolecular Hbond substituents is 1. The largest absolute Gasteiger partial charge is 0.508 e. The van der Waals surface area contributed by atoms with Gasteiger partial charge in [0.05, 0.1) is 12.5 Å². The number of aromatic hydroxyl groups is 1. The van der Waals surface area contributed by atoms with Gasteiger partial charge in [-0.25, -0.2) is 4.79 Å². The highest BCUT2D eigenvalue weighted by Gasteiger charge is 2.16. The Balaban J connectivity index is 2.95. The minimum absolute atomic E-state index is 0.0375. The zero-order valence-electron chi connectivity index (χ0n) is 9.53. The van der Waals surface area contributed by atoms with Gasteiger partial charge in [-0.2, -0.15) is 0 Å². The molecule has 6 heteroatoms. The minimum atomic E-state index is -1.15. The summed E-state index contributed by atoms with van der Waals surface area (Å²) in [6.45, 7) is 1.77. The number of rotatable bonds is 4. The number of nitrogens with one attached hydrogen (secondary N) is 1. The highest BCUT2D eigenvalue weighted by Crippen LogP contribution is 2.34. The smallest absolute Gasteiger partial charge is 0.404 e. The second-order valence-electron chi connectivity index (χ2n) is 3.53. The van der Waals surface area contributed by atoms with Crippen molar-refractivity contribution in [2.45, 2.75) is 12.3 Å². The standard InChI is InChI=1S/C11H14ClNO4/c1-6-3-10(17-2)7(4-9(6)14)8(12)5-13-11(15)16/h3-4,8,13-14H,5H2,1-2H3,(H,15,16). The van der Waals surface area contributed by atoms with Crippen molar-refractivity contribution in [1.29, 1.82) is 0 Å². The molecule has 1 amide bonds. The van der Waals surface area contributed by atoms with Crippen LogP contribution in [0.1, 0.15) is 16.5 Å². The topological polar surface area (TPSA) is 78.8 Å². The predicted octanol–water partition coefficient (Wildman–Crippen LogP) is 2.26. The zero-order valence-corrected chi connectivity index (χ0v) is 10.3. The monoisotopic (exact) mass is 259 g/mol. The first-order valence-electron chi connectivity index (χ1n) is 4.94. The third-order valence-corrected chi connectivity index (χ3v) is 2.71. The van der Waals surface area contributed by atoms with Gasteiger partial charge >= 0.3 is 6.09 Å². The average Bonchev–Trinajstić information content (AvgIpc) is 2.28. The van der Waals surface area contributed by atoms with E-state index in [-0.39, 0.29) is 12.3 Å². The van der Waals surface area contributed by atoms with Crippen molar-refractivity contribution >= 4 is 17.7 Å². The molecule has 3 N–H and O–H groups in total. The molecular weight excluding hydrogens is 246 g/mol. The minimum Gasteiger partial charge on any atom is -0.508 e. The number of halogens is 1. The van der Waals surface area contributed by atoms with E-state index in [1.54, 1.807) is 13.0 Å². The summed E-state index contributed by atoms with van der Waals surface area (Å²) in [5, 5.41) is 19.7. The van der Waals surface area contributed by atoms with Gasteiger partial charge in [-0.3, -0.25) is 0 Å². The van der Waals surface area contributed by atoms with E-state index in [0.717, 1.165) is 0 Å². The van der Waals surface area contributed by atoms with Crippen molar-refractivity contribution in [2.75, 3.05) is 13.7 Å². The van der Waals surface area contributed by atoms with Crippen LogP contribution in [0.15, 0.2) is 12.1 Å². The molecule has 1 aromatic rings. The summed E-state index contributed by atoms with van der Waals surface area (Å²) < 4.78 is 5.14. The molecule has 0 saturated carbocycles. The second-order valence-corrected chi connectivity index (χ2v) is 4.06. The maximum atomic E-state index is 10.4. The Morgan fingerprint density at radius 3 is 2.76 bits per heavy atom. The summed E-state index contributed by atoms with van der Waals surface area (Å²) in [5.41, 5.74) is 1.21. The number of hydrogen-bond donors (Lipinski definition) is 3. The van der Waals surface area contributed by atoms with E-state index in [0.29, 0.717) is 16.9 Å². The summed E-state index contributed by atoms with van der Waals surface area (Å²) in [6, 6.07) is 3.14. The van der Waals surface area contributed by atoms with Gasteiger partial charge in [-0.05, 0) is 24.6 Å². The van der Waals surface area contributed by atoms with Gasteiger partial charge in [-0.1, -0.05) is 0 Å². The number of carbonyl (C=O) groups is 1. The lowest BCUT2D eigenvalue weighted by atomic mass is 10.1. The first-order valence-corrected chi connectivity index (χ1v) is 5.37. The van der Waals surface area contributed by atoms with Gasteiger partial charge in [0.2, 0.25) is 0 Å². The Kier molecular flexibility index (Phi) is 4.45. The summed E-state index contributed by atoms with van der Waals surface area (Å²) in [7, 11) is 1.49. The van der Waals surface area contributed by atoms with E-state index in [1.165, 1.54) is 13.2 Å². The van der Waals surface area contributed by atoms with Crippen LogP contribution in [0.4, 0.5) is 4.79 Å². The third kappa shape index (κ3) is 3.42. The first kappa shape index (κ1) is 13.4. The van der Waals surface area contributed by atoms with Crippen LogP contribution in [-0.2, 0) is 0 Å². The van der Waals surface area contributed by atoms with Crippen LogP contribution < -0.4 is 10.1 Å². The van der Waals surface area contributed by atoms with E-state index in [4.69, 9.17) is 21.4 Å². The molecule has 1 atom stereocenters. The summed E-state index contributed by atoms with van der Waals surface area (Å²) in [6.07, 6.45) is -1.15. The van der Waals surface area contributed by atoms with Gasteiger partial charge in [0.25, 0.3) is 0 Å². The number of hydrogen-bond acceptors (Lipinski definition) is 3. The van der Waals surface area contributed by atoms with Crippen molar-refractivity contribution < 1.29 is 19.7 Å². The van der Waals surface area contributed by atoms with Crippen LogP contribution >= 0.6 is 11.6 Å². The molecule has 1 aromatic carbocycles. The second kappa shape index (κ2) is 5.63. The van der Waals surface area contributed by atoms with E-state index in [9.17, 15) is 9.90 Å². The lowest BCUT2D eigenvalue weighted by Gasteiger charge is -2.15. The highest BCUT2D eigenvalue weighted by atomic mass is 35.5. The molecule has 0 radical (unpaired) electrons. The fourth-order valence-corrected chi connectivity index (χ4v) is 1.64. The fraction of sp³-hybridized carbons (Fsp3) is 0.364. The molecule has 0 bridgehead atoms. The quantitative estimate of drug-likeness (QED) is 0.725. The number of methoxy groups -OCH3 is 1. The molecule has 0 aliphatic heterocycles. The predicted molar refractivity (Wildman–Crippen MR) is 64.0 cm³/mol. The molecule has 5 nitrogen and oxygen atoms in total. The van der Waals surface area contributed by atoms with Crippen molar-refractivity contribution in [1.82, 2.24) is 5.32 Å². The number of amides is 1. The number of alkyl halides is 1. The van der Waals surface area contributed by atoms with Crippen LogP contribution in [0.3, 0.4) is 0 Å². The van der Waals surface area contributed by atoms with Crippen molar-refractivity contribution in [2.24, 2.45) is 0 Å². The Morgan fingerprint density at radius 1 is 1.59 bits per heavy atom. The third-order valence-electron chi connectivity index (χ3n) is 2.32. The van der Waals surface area contributed by atoms with Crippen molar-refractivity contribution in [3.05, 3.63) is 23.3 Å². The van der Waals surface area contributed by atoms with E-state index < -0.39 is 11.5 Å². The van der Waals surface area contributed by atoms with Gasteiger partial charge in [0.1, 0.15) is 11.5 Å². The zero-order chi connectivity index (χ0) is 13.0. The molecule has 0 heterocycles. The van der Waals surface area contributed by atoms with Crippen LogP contribution in [0, 0.1) is 6.92 Å². The van der Waals surface area contributed by atoms with E-state index in [2.05, 4.69) is 5.32 Å². The van der Waals surface area contributed by atoms with Crippen molar-refractivity contribution in [3.63, 3.8) is 0 Å². The molecule has 94 valence electrons. The Hall–Kier alpha value is -1.62. The summed E-state index contributed by atoms with van der Waals surface area (Å²) in [4.78, 5) is 10.4. The summed E-state index contributed by atoms with van der Waals surface area (Å²) in [5.74, 6) is 0.620. The molecule has 1 unspecified atom stereocenters. The van der Waals surface area contributed by atoms with Gasteiger partial charge in [0, 0.05) is 12.1 Å². The SMILES string of the molecule is COc1cc(C)c(O)cc1C(Cl)CNC(=O)O. The van der Waals surface area contributed by atoms with Crippen molar-refractivity contribution in [3.8, 4) is 11.5 Å². The molecule has 0 aromatic heterocycles. The van der Waals surface area contributed by atoms with Crippen LogP contribution in [0.2, 0.25) is 0 Å². The van der Waals surface area contributed by atoms with E-state index >= 15 is 0 Å². The fourth-order valence-electron chi connectivity index (χ4n) is 1.39. The molecule has 0 spiro atoms. The van der Waals surface area contributed by atoms with Crippen LogP contribution in [-0.4, -0.2) is 30.0 Å². The Labute approximate surface area is 104 Å². The molecule has 0 fully saturated rings. The molecule has 0 aliphatic rings. The number of benzene rings is 1. The first-order chi connectivity index (χ1) is 7.95. The average molecular weight is 260 g/mol. The maximum Gasteiger partial charge on any atom is 0.404 e. The number of aryl methyl sites for hydroxylation is 1. The molecule has 0 aliphatic carbocycles. The lowest BCUT2D eigenvalue weighted by Crippen LogP contribution is -2.24. The number of ether oxygens (including phenoxy) is 1. The van der Waals surface area contributed by atoms with Gasteiger partial charge in [0.15, 0.2) is 0 Å². The van der Waals surface area contributed by atoms with Gasteiger partial charge < -0.3 is 20.3 Å². The highest BCUT2D eigenvalue weighted by molar-refractivity contribution is 6.21. The Morgan fingerprint density at radius 2 is 2.24 bits per heavy atom. The molecular formula is C11H14ClNO4. The maximum absolute atomic E-state index is 10.4. The number of phenols is 1.